The Labute approximate surface area is 248 Å². The molecule has 0 aliphatic carbocycles. The SMILES string of the molecule is Cc1ccnc(NC(=O)c2ccc(-c3nc([C@@H]4CC[C@H]5CN(C(C)(C)C(=O)O)CC(=O)N5C4)n4ccnc(N)c34)cc2)c1. The van der Waals surface area contributed by atoms with Crippen LogP contribution < -0.4 is 11.1 Å². The summed E-state index contributed by atoms with van der Waals surface area (Å²) in [6.45, 7) is 6.27. The standard InChI is InChI=1S/C31H34N8O4/c1-18-10-11-33-23(14-18)35-29(41)20-6-4-19(5-7-20)25-26-27(32)34-12-13-38(26)28(36-25)21-8-9-22-16-37(31(2,3)30(42)43)17-24(40)39(22)15-21/h4-7,10-14,21-22H,8-9,15-17H2,1-3H3,(H2,32,34)(H,42,43)(H,33,35,41)/t21-,22+/m1/s1. The molecule has 0 unspecified atom stereocenters. The number of piperazine rings is 1. The average Bonchev–Trinajstić information content (AvgIpc) is 3.38. The maximum atomic E-state index is 13.2. The van der Waals surface area contributed by atoms with Crippen LogP contribution in [0.2, 0.25) is 0 Å². The summed E-state index contributed by atoms with van der Waals surface area (Å²) in [6.07, 6.45) is 6.62. The van der Waals surface area contributed by atoms with E-state index in [1.807, 2.05) is 40.6 Å². The number of imidazole rings is 1. The van der Waals surface area contributed by atoms with Gasteiger partial charge < -0.3 is 21.1 Å². The number of nitrogens with one attached hydrogen (secondary N) is 1. The summed E-state index contributed by atoms with van der Waals surface area (Å²) in [5.74, 6) is 0.264. The topological polar surface area (TPSA) is 159 Å². The van der Waals surface area contributed by atoms with E-state index in [4.69, 9.17) is 10.7 Å². The summed E-state index contributed by atoms with van der Waals surface area (Å²) in [7, 11) is 0. The predicted molar refractivity (Wildman–Crippen MR) is 161 cm³/mol. The van der Waals surface area contributed by atoms with E-state index >= 15 is 0 Å². The van der Waals surface area contributed by atoms with Crippen molar-refractivity contribution in [1.29, 1.82) is 0 Å². The van der Waals surface area contributed by atoms with Crippen LogP contribution >= 0.6 is 0 Å². The van der Waals surface area contributed by atoms with Crippen molar-refractivity contribution in [3.8, 4) is 11.3 Å². The van der Waals surface area contributed by atoms with Gasteiger partial charge in [-0.25, -0.2) is 15.0 Å². The molecule has 43 heavy (non-hydrogen) atoms. The number of nitrogen functional groups attached to an aromatic ring is 1. The van der Waals surface area contributed by atoms with Gasteiger partial charge in [-0.05, 0) is 63.4 Å². The number of fused-ring (bicyclic) bond motifs is 2. The number of aliphatic carboxylic acids is 1. The highest BCUT2D eigenvalue weighted by Gasteiger charge is 2.45. The van der Waals surface area contributed by atoms with Crippen LogP contribution in [0.25, 0.3) is 16.8 Å². The molecule has 0 spiro atoms. The molecule has 5 heterocycles. The van der Waals surface area contributed by atoms with E-state index in [1.165, 1.54) is 0 Å². The molecule has 0 bridgehead atoms. The van der Waals surface area contributed by atoms with Gasteiger partial charge in [0.15, 0.2) is 0 Å². The highest BCUT2D eigenvalue weighted by atomic mass is 16.4. The number of hydrogen-bond acceptors (Lipinski definition) is 8. The molecular formula is C31H34N8O4. The van der Waals surface area contributed by atoms with E-state index in [9.17, 15) is 19.5 Å². The van der Waals surface area contributed by atoms with Crippen LogP contribution in [-0.2, 0) is 9.59 Å². The number of carboxylic acid groups (broad SMARTS) is 1. The molecule has 1 aromatic carbocycles. The number of piperidine rings is 1. The predicted octanol–water partition coefficient (Wildman–Crippen LogP) is 3.19. The minimum absolute atomic E-state index is 0.0471. The molecule has 6 rings (SSSR count). The molecule has 2 amide bonds. The molecule has 2 fully saturated rings. The van der Waals surface area contributed by atoms with Crippen molar-refractivity contribution in [1.82, 2.24) is 29.2 Å². The van der Waals surface area contributed by atoms with Gasteiger partial charge in [-0.15, -0.1) is 0 Å². The Bertz CT molecular complexity index is 1730. The lowest BCUT2D eigenvalue weighted by atomic mass is 9.88. The number of aryl methyl sites for hydroxylation is 1. The maximum absolute atomic E-state index is 13.2. The minimum atomic E-state index is -1.12. The number of aromatic nitrogens is 4. The smallest absolute Gasteiger partial charge is 0.323 e. The molecule has 0 radical (unpaired) electrons. The Balaban J connectivity index is 1.26. The Hall–Kier alpha value is -4.84. The second kappa shape index (κ2) is 10.8. The van der Waals surface area contributed by atoms with Crippen molar-refractivity contribution >= 4 is 34.9 Å². The lowest BCUT2D eigenvalue weighted by molar-refractivity contribution is -0.157. The van der Waals surface area contributed by atoms with E-state index in [0.717, 1.165) is 29.8 Å². The van der Waals surface area contributed by atoms with Gasteiger partial charge in [0.05, 0.1) is 6.54 Å². The van der Waals surface area contributed by atoms with Crippen LogP contribution in [-0.4, -0.2) is 83.3 Å². The highest BCUT2D eigenvalue weighted by molar-refractivity contribution is 6.04. The molecule has 2 aliphatic heterocycles. The minimum Gasteiger partial charge on any atom is -0.480 e. The first-order chi connectivity index (χ1) is 20.5. The molecule has 222 valence electrons. The number of carbonyl (C=O) groups excluding carboxylic acids is 2. The summed E-state index contributed by atoms with van der Waals surface area (Å²) >= 11 is 0. The van der Waals surface area contributed by atoms with Gasteiger partial charge in [-0.1, -0.05) is 12.1 Å². The van der Waals surface area contributed by atoms with E-state index in [1.54, 1.807) is 49.3 Å². The zero-order valence-electron chi connectivity index (χ0n) is 24.3. The number of hydrogen-bond donors (Lipinski definition) is 3. The van der Waals surface area contributed by atoms with Crippen LogP contribution in [0.15, 0.2) is 55.0 Å². The van der Waals surface area contributed by atoms with Gasteiger partial charge in [-0.2, -0.15) is 0 Å². The third kappa shape index (κ3) is 5.18. The van der Waals surface area contributed by atoms with Gasteiger partial charge in [0.25, 0.3) is 5.91 Å². The number of carboxylic acids is 1. The van der Waals surface area contributed by atoms with Crippen molar-refractivity contribution in [3.63, 3.8) is 0 Å². The van der Waals surface area contributed by atoms with Gasteiger partial charge in [0.1, 0.15) is 34.2 Å². The first kappa shape index (κ1) is 28.3. The monoisotopic (exact) mass is 582 g/mol. The highest BCUT2D eigenvalue weighted by Crippen LogP contribution is 2.37. The summed E-state index contributed by atoms with van der Waals surface area (Å²) in [5, 5.41) is 12.5. The number of amides is 2. The summed E-state index contributed by atoms with van der Waals surface area (Å²) < 4.78 is 1.95. The number of carbonyl (C=O) groups is 3. The van der Waals surface area contributed by atoms with Crippen molar-refractivity contribution in [2.24, 2.45) is 0 Å². The van der Waals surface area contributed by atoms with E-state index in [2.05, 4.69) is 15.3 Å². The third-order valence-electron chi connectivity index (χ3n) is 8.65. The molecular weight excluding hydrogens is 548 g/mol. The second-order valence-electron chi connectivity index (χ2n) is 11.8. The first-order valence-corrected chi connectivity index (χ1v) is 14.3. The number of nitrogens with zero attached hydrogens (tertiary/aromatic N) is 6. The van der Waals surface area contributed by atoms with Gasteiger partial charge in [0, 0.05) is 54.8 Å². The first-order valence-electron chi connectivity index (χ1n) is 14.3. The molecule has 2 saturated heterocycles. The van der Waals surface area contributed by atoms with Crippen LogP contribution in [0.5, 0.6) is 0 Å². The molecule has 12 heteroatoms. The Kier molecular flexibility index (Phi) is 7.09. The number of benzene rings is 1. The summed E-state index contributed by atoms with van der Waals surface area (Å²) in [6, 6.07) is 10.8. The lowest BCUT2D eigenvalue weighted by Crippen LogP contribution is -2.65. The maximum Gasteiger partial charge on any atom is 0.323 e. The van der Waals surface area contributed by atoms with Crippen LogP contribution in [0.4, 0.5) is 11.6 Å². The molecule has 2 atom stereocenters. The van der Waals surface area contributed by atoms with Gasteiger partial charge >= 0.3 is 5.97 Å². The largest absolute Gasteiger partial charge is 0.480 e. The van der Waals surface area contributed by atoms with Gasteiger partial charge in [-0.3, -0.25) is 23.7 Å². The van der Waals surface area contributed by atoms with E-state index < -0.39 is 11.5 Å². The molecule has 4 N–H and O–H groups in total. The normalized spacial score (nSPS) is 19.3. The molecule has 4 aromatic rings. The van der Waals surface area contributed by atoms with Crippen molar-refractivity contribution in [2.75, 3.05) is 30.7 Å². The van der Waals surface area contributed by atoms with Crippen LogP contribution in [0, 0.1) is 6.92 Å². The zero-order chi connectivity index (χ0) is 30.5. The Morgan fingerprint density at radius 2 is 1.84 bits per heavy atom. The Morgan fingerprint density at radius 1 is 1.07 bits per heavy atom. The van der Waals surface area contributed by atoms with E-state index in [0.29, 0.717) is 41.5 Å². The lowest BCUT2D eigenvalue weighted by Gasteiger charge is -2.49. The number of pyridine rings is 1. The number of nitrogens with two attached hydrogens (primary N) is 1. The van der Waals surface area contributed by atoms with Gasteiger partial charge in [0.2, 0.25) is 5.91 Å². The fraction of sp³-hybridized carbons (Fsp3) is 0.355. The van der Waals surface area contributed by atoms with Crippen molar-refractivity contribution in [2.45, 2.75) is 51.1 Å². The van der Waals surface area contributed by atoms with E-state index in [-0.39, 0.29) is 30.3 Å². The fourth-order valence-electron chi connectivity index (χ4n) is 6.02. The number of rotatable bonds is 6. The van der Waals surface area contributed by atoms with Crippen molar-refractivity contribution < 1.29 is 19.5 Å². The zero-order valence-corrected chi connectivity index (χ0v) is 24.3. The molecule has 12 nitrogen and oxygen atoms in total. The third-order valence-corrected chi connectivity index (χ3v) is 8.65. The quantitative estimate of drug-likeness (QED) is 0.310. The fourth-order valence-corrected chi connectivity index (χ4v) is 6.02. The number of anilines is 2. The molecule has 0 saturated carbocycles. The average molecular weight is 583 g/mol. The molecule has 3 aromatic heterocycles. The molecule has 2 aliphatic rings. The van der Waals surface area contributed by atoms with Crippen LogP contribution in [0.3, 0.4) is 0 Å². The summed E-state index contributed by atoms with van der Waals surface area (Å²) in [4.78, 5) is 55.1. The second-order valence-corrected chi connectivity index (χ2v) is 11.8. The summed E-state index contributed by atoms with van der Waals surface area (Å²) in [5.41, 5.74) is 8.81. The van der Waals surface area contributed by atoms with Crippen LogP contribution in [0.1, 0.15) is 54.4 Å². The van der Waals surface area contributed by atoms with Crippen molar-refractivity contribution in [3.05, 3.63) is 71.9 Å². The Morgan fingerprint density at radius 3 is 2.56 bits per heavy atom.